The van der Waals surface area contributed by atoms with Gasteiger partial charge in [0.2, 0.25) is 0 Å². The summed E-state index contributed by atoms with van der Waals surface area (Å²) in [7, 11) is 0. The van der Waals surface area contributed by atoms with Gasteiger partial charge in [0.1, 0.15) is 0 Å². The van der Waals surface area contributed by atoms with Gasteiger partial charge in [0, 0.05) is 53.3 Å². The molecule has 126 valence electrons. The second-order valence-electron chi connectivity index (χ2n) is 7.39. The number of aromatic amines is 1. The molecule has 1 aliphatic carbocycles. The number of nitrogens with zero attached hydrogens (tertiary/aromatic N) is 1. The van der Waals surface area contributed by atoms with Crippen LogP contribution in [0.25, 0.3) is 5.70 Å². The van der Waals surface area contributed by atoms with E-state index in [1.165, 1.54) is 6.42 Å². The lowest BCUT2D eigenvalue weighted by atomic mass is 9.95. The zero-order valence-corrected chi connectivity index (χ0v) is 14.7. The molecule has 1 heterocycles. The highest BCUT2D eigenvalue weighted by Gasteiger charge is 2.36. The second-order valence-corrected chi connectivity index (χ2v) is 7.39. The number of allylic oxidation sites excluding steroid dienone is 1. The third-order valence-electron chi connectivity index (χ3n) is 4.52. The number of aliphatic hydroxyl groups is 1. The van der Waals surface area contributed by atoms with Crippen molar-refractivity contribution in [3.8, 4) is 0 Å². The SMILES string of the molecule is C=C/C(=N\c1c(C(=C)NCC(C)(C)CO)c[nH]c1C)[C@@H]1C[C@@H]1C. The van der Waals surface area contributed by atoms with Gasteiger partial charge in [0.25, 0.3) is 0 Å². The maximum atomic E-state index is 9.37. The molecule has 0 aromatic carbocycles. The molecule has 1 aromatic heterocycles. The summed E-state index contributed by atoms with van der Waals surface area (Å²) in [4.78, 5) is 8.09. The lowest BCUT2D eigenvalue weighted by Gasteiger charge is -2.23. The molecule has 0 saturated heterocycles. The van der Waals surface area contributed by atoms with Gasteiger partial charge < -0.3 is 15.4 Å². The highest BCUT2D eigenvalue weighted by molar-refractivity contribution is 6.00. The van der Waals surface area contributed by atoms with Gasteiger partial charge in [-0.2, -0.15) is 0 Å². The van der Waals surface area contributed by atoms with Gasteiger partial charge in [0.15, 0.2) is 0 Å². The van der Waals surface area contributed by atoms with Gasteiger partial charge in [-0.15, -0.1) is 0 Å². The van der Waals surface area contributed by atoms with Crippen LogP contribution in [0.15, 0.2) is 30.4 Å². The molecule has 1 aromatic rings. The summed E-state index contributed by atoms with van der Waals surface area (Å²) in [6.45, 7) is 17.1. The lowest BCUT2D eigenvalue weighted by Crippen LogP contribution is -2.31. The molecule has 0 amide bonds. The van der Waals surface area contributed by atoms with E-state index in [9.17, 15) is 5.11 Å². The number of H-pyrrole nitrogens is 1. The normalized spacial score (nSPS) is 21.2. The summed E-state index contributed by atoms with van der Waals surface area (Å²) >= 11 is 0. The largest absolute Gasteiger partial charge is 0.396 e. The quantitative estimate of drug-likeness (QED) is 0.639. The maximum absolute atomic E-state index is 9.37. The molecule has 1 aliphatic rings. The van der Waals surface area contributed by atoms with Crippen LogP contribution in [-0.4, -0.2) is 29.0 Å². The Balaban J connectivity index is 2.19. The van der Waals surface area contributed by atoms with Gasteiger partial charge in [-0.1, -0.05) is 33.9 Å². The van der Waals surface area contributed by atoms with Crippen molar-refractivity contribution in [2.75, 3.05) is 13.2 Å². The number of rotatable bonds is 8. The van der Waals surface area contributed by atoms with Crippen molar-refractivity contribution in [3.05, 3.63) is 36.7 Å². The van der Waals surface area contributed by atoms with E-state index in [-0.39, 0.29) is 12.0 Å². The fourth-order valence-electron chi connectivity index (χ4n) is 2.53. The summed E-state index contributed by atoms with van der Waals surface area (Å²) < 4.78 is 0. The van der Waals surface area contributed by atoms with E-state index >= 15 is 0 Å². The number of aromatic nitrogens is 1. The topological polar surface area (TPSA) is 60.4 Å². The summed E-state index contributed by atoms with van der Waals surface area (Å²) in [6, 6.07) is 0. The first-order chi connectivity index (χ1) is 10.8. The molecule has 3 N–H and O–H groups in total. The average Bonchev–Trinajstić information content (AvgIpc) is 3.13. The number of aliphatic hydroxyl groups excluding tert-OH is 1. The summed E-state index contributed by atoms with van der Waals surface area (Å²) in [5, 5.41) is 12.7. The fraction of sp³-hybridized carbons (Fsp3) is 0.526. The third-order valence-corrected chi connectivity index (χ3v) is 4.52. The average molecular weight is 315 g/mol. The molecule has 0 aliphatic heterocycles. The standard InChI is InChI=1S/C19H29N3O/c1-7-17(15-8-12(15)2)22-18-14(4)20-9-16(18)13(3)21-10-19(5,6)11-23/h7,9,12,15,20-21,23H,1,3,8,10-11H2,2,4-6H3/b22-17+/t12-,15+/m0/s1. The van der Waals surface area contributed by atoms with Crippen LogP contribution in [0.3, 0.4) is 0 Å². The highest BCUT2D eigenvalue weighted by atomic mass is 16.3. The molecule has 1 fully saturated rings. The van der Waals surface area contributed by atoms with Gasteiger partial charge in [-0.25, -0.2) is 0 Å². The van der Waals surface area contributed by atoms with Crippen LogP contribution in [0.1, 0.15) is 38.4 Å². The smallest absolute Gasteiger partial charge is 0.0930 e. The molecule has 2 atom stereocenters. The van der Waals surface area contributed by atoms with Crippen molar-refractivity contribution in [2.45, 2.75) is 34.1 Å². The minimum Gasteiger partial charge on any atom is -0.396 e. The Bertz CT molecular complexity index is 625. The van der Waals surface area contributed by atoms with Crippen molar-refractivity contribution in [3.63, 3.8) is 0 Å². The predicted octanol–water partition coefficient (Wildman–Crippen LogP) is 3.82. The minimum atomic E-state index is -0.187. The van der Waals surface area contributed by atoms with Gasteiger partial charge in [-0.3, -0.25) is 4.99 Å². The van der Waals surface area contributed by atoms with Crippen LogP contribution in [0.4, 0.5) is 5.69 Å². The van der Waals surface area contributed by atoms with Crippen molar-refractivity contribution < 1.29 is 5.11 Å². The van der Waals surface area contributed by atoms with Crippen LogP contribution in [-0.2, 0) is 0 Å². The predicted molar refractivity (Wildman–Crippen MR) is 98.0 cm³/mol. The Hall–Kier alpha value is -1.81. The molecule has 4 nitrogen and oxygen atoms in total. The molecular formula is C19H29N3O. The first-order valence-electron chi connectivity index (χ1n) is 8.22. The van der Waals surface area contributed by atoms with Gasteiger partial charge in [-0.05, 0) is 25.3 Å². The van der Waals surface area contributed by atoms with Crippen LogP contribution < -0.4 is 5.32 Å². The summed E-state index contributed by atoms with van der Waals surface area (Å²) in [5.74, 6) is 1.23. The Morgan fingerprint density at radius 2 is 2.22 bits per heavy atom. The van der Waals surface area contributed by atoms with Crippen molar-refractivity contribution in [1.29, 1.82) is 0 Å². The summed E-state index contributed by atoms with van der Waals surface area (Å²) in [5.41, 5.74) is 4.62. The molecule has 2 rings (SSSR count). The van der Waals surface area contributed by atoms with Crippen LogP contribution in [0, 0.1) is 24.2 Å². The molecule has 23 heavy (non-hydrogen) atoms. The van der Waals surface area contributed by atoms with E-state index in [0.29, 0.717) is 18.4 Å². The van der Waals surface area contributed by atoms with E-state index in [1.54, 1.807) is 0 Å². The minimum absolute atomic E-state index is 0.130. The van der Waals surface area contributed by atoms with Crippen molar-refractivity contribution >= 4 is 17.1 Å². The van der Waals surface area contributed by atoms with E-state index in [1.807, 2.05) is 33.0 Å². The van der Waals surface area contributed by atoms with Crippen molar-refractivity contribution in [2.24, 2.45) is 22.2 Å². The Kier molecular flexibility index (Phi) is 5.15. The second kappa shape index (κ2) is 6.75. The van der Waals surface area contributed by atoms with Crippen LogP contribution in [0.2, 0.25) is 0 Å². The van der Waals surface area contributed by atoms with E-state index in [0.717, 1.165) is 28.4 Å². The summed E-state index contributed by atoms with van der Waals surface area (Å²) in [6.07, 6.45) is 5.00. The fourth-order valence-corrected chi connectivity index (χ4v) is 2.53. The molecule has 0 bridgehead atoms. The molecule has 0 unspecified atom stereocenters. The van der Waals surface area contributed by atoms with Crippen LogP contribution >= 0.6 is 0 Å². The van der Waals surface area contributed by atoms with E-state index in [4.69, 9.17) is 4.99 Å². The molecule has 0 radical (unpaired) electrons. The maximum Gasteiger partial charge on any atom is 0.0930 e. The third kappa shape index (κ3) is 4.14. The van der Waals surface area contributed by atoms with Crippen molar-refractivity contribution in [1.82, 2.24) is 10.3 Å². The Morgan fingerprint density at radius 3 is 2.74 bits per heavy atom. The number of hydrogen-bond donors (Lipinski definition) is 3. The highest BCUT2D eigenvalue weighted by Crippen LogP contribution is 2.41. The zero-order valence-electron chi connectivity index (χ0n) is 14.7. The van der Waals surface area contributed by atoms with Gasteiger partial charge in [0.05, 0.1) is 5.69 Å². The first kappa shape index (κ1) is 17.5. The van der Waals surface area contributed by atoms with E-state index in [2.05, 4.69) is 30.4 Å². The molecular weight excluding hydrogens is 286 g/mol. The van der Waals surface area contributed by atoms with E-state index < -0.39 is 0 Å². The Morgan fingerprint density at radius 1 is 1.57 bits per heavy atom. The number of aryl methyl sites for hydroxylation is 1. The van der Waals surface area contributed by atoms with Crippen LogP contribution in [0.5, 0.6) is 0 Å². The number of hydrogen-bond acceptors (Lipinski definition) is 3. The lowest BCUT2D eigenvalue weighted by molar-refractivity contribution is 0.161. The Labute approximate surface area is 139 Å². The molecule has 0 spiro atoms. The zero-order chi connectivity index (χ0) is 17.2. The first-order valence-corrected chi connectivity index (χ1v) is 8.22. The van der Waals surface area contributed by atoms with Gasteiger partial charge >= 0.3 is 0 Å². The molecule has 4 heteroatoms. The monoisotopic (exact) mass is 315 g/mol. The molecule has 1 saturated carbocycles. The number of nitrogens with one attached hydrogen (secondary N) is 2. The number of aliphatic imine (C=N–C) groups is 1.